The van der Waals surface area contributed by atoms with Crippen LogP contribution in [-0.2, 0) is 16.1 Å². The van der Waals surface area contributed by atoms with Crippen molar-refractivity contribution in [3.63, 3.8) is 0 Å². The van der Waals surface area contributed by atoms with Crippen LogP contribution in [0.4, 0.5) is 0 Å². The van der Waals surface area contributed by atoms with Crippen molar-refractivity contribution in [2.75, 3.05) is 6.54 Å². The number of carbonyl (C=O) groups is 2. The van der Waals surface area contributed by atoms with Gasteiger partial charge in [0.2, 0.25) is 12.3 Å². The Morgan fingerprint density at radius 3 is 2.60 bits per heavy atom. The molecule has 1 aliphatic rings. The number of fused-ring (bicyclic) bond motifs is 1. The summed E-state index contributed by atoms with van der Waals surface area (Å²) in [4.78, 5) is 27.4. The number of rotatable bonds is 4. The predicted octanol–water partition coefficient (Wildman–Crippen LogP) is 5.08. The molecule has 0 spiro atoms. The fourth-order valence-electron chi connectivity index (χ4n) is 3.35. The Hall–Kier alpha value is -2.79. The van der Waals surface area contributed by atoms with Gasteiger partial charge in [0.15, 0.2) is 0 Å². The molecule has 0 radical (unpaired) electrons. The van der Waals surface area contributed by atoms with Gasteiger partial charge in [-0.05, 0) is 55.2 Å². The Balaban J connectivity index is 0.000000224. The summed E-state index contributed by atoms with van der Waals surface area (Å²) in [6, 6.07) is 15.4. The zero-order valence-electron chi connectivity index (χ0n) is 17.8. The van der Waals surface area contributed by atoms with Crippen molar-refractivity contribution < 1.29 is 9.59 Å². The van der Waals surface area contributed by atoms with E-state index in [4.69, 9.17) is 11.6 Å². The van der Waals surface area contributed by atoms with Gasteiger partial charge in [0.05, 0.1) is 0 Å². The van der Waals surface area contributed by atoms with Crippen LogP contribution in [0.1, 0.15) is 37.8 Å². The van der Waals surface area contributed by atoms with Crippen molar-refractivity contribution in [1.82, 2.24) is 15.2 Å². The van der Waals surface area contributed by atoms with Gasteiger partial charge in [0.25, 0.3) is 0 Å². The lowest BCUT2D eigenvalue weighted by Gasteiger charge is -2.19. The highest BCUT2D eigenvalue weighted by molar-refractivity contribution is 6.30. The zero-order chi connectivity index (χ0) is 21.9. The summed E-state index contributed by atoms with van der Waals surface area (Å²) in [5.74, 6) is -0.0884. The van der Waals surface area contributed by atoms with Gasteiger partial charge in [-0.15, -0.1) is 0 Å². The van der Waals surface area contributed by atoms with E-state index in [9.17, 15) is 9.59 Å². The lowest BCUT2D eigenvalue weighted by molar-refractivity contribution is -0.131. The molecule has 1 saturated heterocycles. The van der Waals surface area contributed by atoms with E-state index < -0.39 is 0 Å². The topological polar surface area (TPSA) is 65.2 Å². The first-order chi connectivity index (χ1) is 14.6. The minimum Gasteiger partial charge on any atom is -0.361 e. The highest BCUT2D eigenvalue weighted by Gasteiger charge is 2.29. The maximum Gasteiger partial charge on any atom is 0.243 e. The number of halogens is 1. The normalized spacial score (nSPS) is 14.9. The molecular formula is C24H30ClN3O2. The number of aromatic nitrogens is 1. The number of hydrogen-bond donors (Lipinski definition) is 2. The number of benzene rings is 2. The molecular weight excluding hydrogens is 398 g/mol. The number of nitrogens with zero attached hydrogens (tertiary/aromatic N) is 1. The highest BCUT2D eigenvalue weighted by Crippen LogP contribution is 2.16. The lowest BCUT2D eigenvalue weighted by Crippen LogP contribution is -2.42. The number of amides is 2. The summed E-state index contributed by atoms with van der Waals surface area (Å²) in [5.41, 5.74) is 3.54. The average Bonchev–Trinajstić information content (AvgIpc) is 3.45. The molecule has 0 bridgehead atoms. The fourth-order valence-corrected chi connectivity index (χ4v) is 3.47. The third-order valence-electron chi connectivity index (χ3n) is 4.93. The maximum atomic E-state index is 11.9. The number of hydrogen-bond acceptors (Lipinski definition) is 2. The highest BCUT2D eigenvalue weighted by atomic mass is 35.5. The molecule has 2 heterocycles. The molecule has 1 aromatic heterocycles. The summed E-state index contributed by atoms with van der Waals surface area (Å²) < 4.78 is 0. The Bertz CT molecular complexity index is 937. The molecule has 30 heavy (non-hydrogen) atoms. The van der Waals surface area contributed by atoms with Crippen molar-refractivity contribution in [3.8, 4) is 0 Å². The monoisotopic (exact) mass is 427 g/mol. The molecule has 6 heteroatoms. The summed E-state index contributed by atoms with van der Waals surface area (Å²) in [5, 5.41) is 4.84. The van der Waals surface area contributed by atoms with Gasteiger partial charge >= 0.3 is 0 Å². The summed E-state index contributed by atoms with van der Waals surface area (Å²) >= 11 is 5.78. The molecule has 2 aromatic carbocycles. The zero-order valence-corrected chi connectivity index (χ0v) is 18.6. The van der Waals surface area contributed by atoms with Crippen molar-refractivity contribution in [2.24, 2.45) is 0 Å². The van der Waals surface area contributed by atoms with Gasteiger partial charge in [-0.3, -0.25) is 9.59 Å². The molecule has 1 aliphatic heterocycles. The van der Waals surface area contributed by atoms with E-state index >= 15 is 0 Å². The van der Waals surface area contributed by atoms with E-state index in [1.165, 1.54) is 16.5 Å². The minimum atomic E-state index is -0.310. The molecule has 3 aromatic rings. The minimum absolute atomic E-state index is 0.0884. The SMILES string of the molecule is CC.Cc1cccc2[nH]ccc12.O=CN1CCCC1C(=O)NCc1ccc(Cl)cc1. The molecule has 5 nitrogen and oxygen atoms in total. The number of nitrogens with one attached hydrogen (secondary N) is 2. The van der Waals surface area contributed by atoms with Crippen LogP contribution in [0.25, 0.3) is 10.9 Å². The van der Waals surface area contributed by atoms with E-state index in [0.29, 0.717) is 18.1 Å². The number of likely N-dealkylation sites (tertiary alicyclic amines) is 1. The van der Waals surface area contributed by atoms with Crippen LogP contribution in [0, 0.1) is 6.92 Å². The average molecular weight is 428 g/mol. The standard InChI is InChI=1S/C13H15ClN2O2.C9H9N.C2H6/c14-11-5-3-10(4-6-11)8-15-13(18)12-2-1-7-16(12)9-17;1-7-3-2-4-9-8(7)5-6-10-9;1-2/h3-6,9,12H,1-2,7-8H2,(H,15,18);2-6,10H,1H3;1-2H3. The first-order valence-electron chi connectivity index (χ1n) is 10.3. The molecule has 160 valence electrons. The molecule has 1 fully saturated rings. The molecule has 1 atom stereocenters. The first kappa shape index (κ1) is 23.5. The van der Waals surface area contributed by atoms with Crippen LogP contribution >= 0.6 is 11.6 Å². The number of carbonyl (C=O) groups excluding carboxylic acids is 2. The van der Waals surface area contributed by atoms with E-state index in [-0.39, 0.29) is 11.9 Å². The quantitative estimate of drug-likeness (QED) is 0.570. The molecule has 4 rings (SSSR count). The fraction of sp³-hybridized carbons (Fsp3) is 0.333. The molecule has 0 aliphatic carbocycles. The van der Waals surface area contributed by atoms with Crippen molar-refractivity contribution >= 4 is 34.8 Å². The van der Waals surface area contributed by atoms with Gasteiger partial charge < -0.3 is 15.2 Å². The van der Waals surface area contributed by atoms with Crippen LogP contribution < -0.4 is 5.32 Å². The summed E-state index contributed by atoms with van der Waals surface area (Å²) in [7, 11) is 0. The first-order valence-corrected chi connectivity index (χ1v) is 10.7. The smallest absolute Gasteiger partial charge is 0.243 e. The number of aromatic amines is 1. The third-order valence-corrected chi connectivity index (χ3v) is 5.18. The van der Waals surface area contributed by atoms with Crippen molar-refractivity contribution in [2.45, 2.75) is 46.2 Å². The summed E-state index contributed by atoms with van der Waals surface area (Å²) in [6.45, 7) is 7.25. The Morgan fingerprint density at radius 1 is 1.20 bits per heavy atom. The van der Waals surface area contributed by atoms with Gasteiger partial charge in [0.1, 0.15) is 6.04 Å². The van der Waals surface area contributed by atoms with E-state index in [0.717, 1.165) is 24.8 Å². The van der Waals surface area contributed by atoms with Crippen LogP contribution in [-0.4, -0.2) is 34.8 Å². The second-order valence-electron chi connectivity index (χ2n) is 6.86. The Kier molecular flexibility index (Phi) is 9.42. The van der Waals surface area contributed by atoms with Gasteiger partial charge in [-0.1, -0.05) is 49.7 Å². The lowest BCUT2D eigenvalue weighted by atomic mass is 10.1. The van der Waals surface area contributed by atoms with Gasteiger partial charge in [-0.25, -0.2) is 0 Å². The molecule has 0 saturated carbocycles. The molecule has 2 amide bonds. The number of aryl methyl sites for hydroxylation is 1. The predicted molar refractivity (Wildman–Crippen MR) is 123 cm³/mol. The second-order valence-corrected chi connectivity index (χ2v) is 7.30. The van der Waals surface area contributed by atoms with Gasteiger partial charge in [-0.2, -0.15) is 0 Å². The summed E-state index contributed by atoms with van der Waals surface area (Å²) in [6.07, 6.45) is 4.35. The molecule has 1 unspecified atom stereocenters. The van der Waals surface area contributed by atoms with Gasteiger partial charge in [0, 0.05) is 35.2 Å². The van der Waals surface area contributed by atoms with Crippen LogP contribution in [0.5, 0.6) is 0 Å². The number of H-pyrrole nitrogens is 1. The Morgan fingerprint density at radius 2 is 1.93 bits per heavy atom. The van der Waals surface area contributed by atoms with Crippen LogP contribution in [0.15, 0.2) is 54.7 Å². The second kappa shape index (κ2) is 12.0. The van der Waals surface area contributed by atoms with E-state index in [1.54, 1.807) is 17.0 Å². The third kappa shape index (κ3) is 6.36. The van der Waals surface area contributed by atoms with Crippen LogP contribution in [0.2, 0.25) is 5.02 Å². The van der Waals surface area contributed by atoms with Crippen LogP contribution in [0.3, 0.4) is 0 Å². The molecule has 2 N–H and O–H groups in total. The Labute approximate surface area is 183 Å². The van der Waals surface area contributed by atoms with Crippen molar-refractivity contribution in [3.05, 3.63) is 70.9 Å². The maximum absolute atomic E-state index is 11.9. The van der Waals surface area contributed by atoms with Crippen molar-refractivity contribution in [1.29, 1.82) is 0 Å². The van der Waals surface area contributed by atoms with E-state index in [2.05, 4.69) is 41.5 Å². The largest absolute Gasteiger partial charge is 0.361 e. The van der Waals surface area contributed by atoms with E-state index in [1.807, 2.05) is 32.2 Å².